The zero-order valence-electron chi connectivity index (χ0n) is 11.6. The summed E-state index contributed by atoms with van der Waals surface area (Å²) in [6.07, 6.45) is -9.96. The first-order valence-corrected chi connectivity index (χ1v) is 6.27. The van der Waals surface area contributed by atoms with Crippen molar-refractivity contribution in [2.75, 3.05) is 0 Å². The van der Waals surface area contributed by atoms with Gasteiger partial charge in [-0.25, -0.2) is 4.79 Å². The van der Waals surface area contributed by atoms with Crippen LogP contribution < -0.4 is 4.74 Å². The van der Waals surface area contributed by atoms with E-state index in [2.05, 4.69) is 0 Å². The molecule has 0 aliphatic heterocycles. The second-order valence-electron chi connectivity index (χ2n) is 4.67. The Bertz CT molecular complexity index is 715. The fraction of sp³-hybridized carbons (Fsp3) is 0.133. The van der Waals surface area contributed by atoms with E-state index in [4.69, 9.17) is 9.84 Å². The first kappa shape index (κ1) is 17.6. The highest BCUT2D eigenvalue weighted by atomic mass is 19.4. The number of hydrogen-bond acceptors (Lipinski definition) is 2. The van der Waals surface area contributed by atoms with Crippen molar-refractivity contribution >= 4 is 5.97 Å². The fourth-order valence-corrected chi connectivity index (χ4v) is 1.79. The van der Waals surface area contributed by atoms with E-state index < -0.39 is 35.2 Å². The summed E-state index contributed by atoms with van der Waals surface area (Å²) >= 11 is 0. The standard InChI is InChI=1S/C15H8F6O3/c16-14(17,18)9-5-10(15(19,20)21)7-12(6-9)24-11-3-1-8(2-4-11)13(22)23/h1-7H,(H,22,23). The molecule has 0 atom stereocenters. The third-order valence-corrected chi connectivity index (χ3v) is 2.90. The average molecular weight is 350 g/mol. The van der Waals surface area contributed by atoms with Gasteiger partial charge in [0.2, 0.25) is 0 Å². The number of alkyl halides is 6. The summed E-state index contributed by atoms with van der Waals surface area (Å²) in [6.45, 7) is 0. The Labute approximate surface area is 131 Å². The highest BCUT2D eigenvalue weighted by molar-refractivity contribution is 5.87. The second-order valence-corrected chi connectivity index (χ2v) is 4.67. The van der Waals surface area contributed by atoms with Crippen molar-refractivity contribution in [1.29, 1.82) is 0 Å². The van der Waals surface area contributed by atoms with Crippen LogP contribution in [0.25, 0.3) is 0 Å². The maximum atomic E-state index is 12.7. The SMILES string of the molecule is O=C(O)c1ccc(Oc2cc(C(F)(F)F)cc(C(F)(F)F)c2)cc1. The van der Waals surface area contributed by atoms with Crippen LogP contribution >= 0.6 is 0 Å². The lowest BCUT2D eigenvalue weighted by Crippen LogP contribution is -2.11. The second kappa shape index (κ2) is 6.06. The summed E-state index contributed by atoms with van der Waals surface area (Å²) in [5.74, 6) is -2.01. The predicted octanol–water partition coefficient (Wildman–Crippen LogP) is 5.21. The van der Waals surface area contributed by atoms with E-state index in [0.29, 0.717) is 12.1 Å². The Morgan fingerprint density at radius 3 is 1.62 bits per heavy atom. The Balaban J connectivity index is 2.40. The minimum Gasteiger partial charge on any atom is -0.478 e. The monoisotopic (exact) mass is 350 g/mol. The molecular weight excluding hydrogens is 342 g/mol. The predicted molar refractivity (Wildman–Crippen MR) is 69.9 cm³/mol. The number of carboxylic acid groups (broad SMARTS) is 1. The molecule has 1 N–H and O–H groups in total. The highest BCUT2D eigenvalue weighted by Crippen LogP contribution is 2.39. The molecule has 0 aliphatic rings. The van der Waals surface area contributed by atoms with Crippen LogP contribution in [0.15, 0.2) is 42.5 Å². The van der Waals surface area contributed by atoms with Crippen LogP contribution in [0, 0.1) is 0 Å². The molecule has 0 aromatic heterocycles. The Morgan fingerprint density at radius 2 is 1.25 bits per heavy atom. The largest absolute Gasteiger partial charge is 0.478 e. The summed E-state index contributed by atoms with van der Waals surface area (Å²) in [5, 5.41) is 8.73. The molecule has 128 valence electrons. The first-order valence-electron chi connectivity index (χ1n) is 6.27. The van der Waals surface area contributed by atoms with Crippen molar-refractivity contribution in [3.05, 3.63) is 59.2 Å². The average Bonchev–Trinajstić information content (AvgIpc) is 2.45. The Kier molecular flexibility index (Phi) is 4.46. The number of benzene rings is 2. The molecule has 0 radical (unpaired) electrons. The van der Waals surface area contributed by atoms with Gasteiger partial charge in [-0.2, -0.15) is 26.3 Å². The number of ether oxygens (including phenoxy) is 1. The van der Waals surface area contributed by atoms with Gasteiger partial charge in [-0.15, -0.1) is 0 Å². The van der Waals surface area contributed by atoms with Crippen LogP contribution in [-0.2, 0) is 12.4 Å². The third kappa shape index (κ3) is 4.18. The molecule has 0 fully saturated rings. The lowest BCUT2D eigenvalue weighted by atomic mass is 10.1. The number of hydrogen-bond donors (Lipinski definition) is 1. The van der Waals surface area contributed by atoms with E-state index in [1.54, 1.807) is 0 Å². The molecule has 0 heterocycles. The molecule has 2 rings (SSSR count). The summed E-state index contributed by atoms with van der Waals surface area (Å²) in [7, 11) is 0. The van der Waals surface area contributed by atoms with E-state index in [9.17, 15) is 31.1 Å². The van der Waals surface area contributed by atoms with Crippen LogP contribution in [0.2, 0.25) is 0 Å². The quantitative estimate of drug-likeness (QED) is 0.773. The van der Waals surface area contributed by atoms with E-state index in [1.165, 1.54) is 0 Å². The molecule has 0 saturated carbocycles. The smallest absolute Gasteiger partial charge is 0.416 e. The lowest BCUT2D eigenvalue weighted by Gasteiger charge is -2.14. The van der Waals surface area contributed by atoms with Gasteiger partial charge in [-0.1, -0.05) is 0 Å². The normalized spacial score (nSPS) is 12.1. The van der Waals surface area contributed by atoms with Gasteiger partial charge in [-0.3, -0.25) is 0 Å². The van der Waals surface area contributed by atoms with Gasteiger partial charge in [0, 0.05) is 0 Å². The minimum atomic E-state index is -4.98. The van der Waals surface area contributed by atoms with Crippen molar-refractivity contribution in [3.63, 3.8) is 0 Å². The van der Waals surface area contributed by atoms with Crippen molar-refractivity contribution in [2.24, 2.45) is 0 Å². The molecule has 2 aromatic rings. The van der Waals surface area contributed by atoms with Gasteiger partial charge >= 0.3 is 18.3 Å². The van der Waals surface area contributed by atoms with Gasteiger partial charge in [-0.05, 0) is 42.5 Å². The maximum absolute atomic E-state index is 12.7. The molecule has 2 aromatic carbocycles. The summed E-state index contributed by atoms with van der Waals surface area (Å²) in [5.41, 5.74) is -3.12. The highest BCUT2D eigenvalue weighted by Gasteiger charge is 2.37. The van der Waals surface area contributed by atoms with Crippen molar-refractivity contribution in [3.8, 4) is 11.5 Å². The van der Waals surface area contributed by atoms with Gasteiger partial charge in [0.1, 0.15) is 11.5 Å². The summed E-state index contributed by atoms with van der Waals surface area (Å²) < 4.78 is 81.4. The maximum Gasteiger partial charge on any atom is 0.416 e. The van der Waals surface area contributed by atoms with Gasteiger partial charge < -0.3 is 9.84 Å². The van der Waals surface area contributed by atoms with Crippen LogP contribution in [0.5, 0.6) is 11.5 Å². The molecule has 0 aliphatic carbocycles. The molecule has 0 amide bonds. The van der Waals surface area contributed by atoms with E-state index in [0.717, 1.165) is 24.3 Å². The number of rotatable bonds is 3. The number of carboxylic acids is 1. The topological polar surface area (TPSA) is 46.5 Å². The summed E-state index contributed by atoms with van der Waals surface area (Å²) in [4.78, 5) is 10.7. The van der Waals surface area contributed by atoms with Crippen LogP contribution in [0.3, 0.4) is 0 Å². The molecule has 0 saturated heterocycles. The van der Waals surface area contributed by atoms with Crippen molar-refractivity contribution in [1.82, 2.24) is 0 Å². The van der Waals surface area contributed by atoms with Crippen LogP contribution in [-0.4, -0.2) is 11.1 Å². The van der Waals surface area contributed by atoms with Gasteiger partial charge in [0.15, 0.2) is 0 Å². The van der Waals surface area contributed by atoms with E-state index in [-0.39, 0.29) is 17.4 Å². The first-order chi connectivity index (χ1) is 11.0. The zero-order valence-corrected chi connectivity index (χ0v) is 11.6. The van der Waals surface area contributed by atoms with Crippen molar-refractivity contribution < 1.29 is 41.0 Å². The van der Waals surface area contributed by atoms with Crippen LogP contribution in [0.1, 0.15) is 21.5 Å². The molecule has 0 bridgehead atoms. The minimum absolute atomic E-state index is 0.0135. The molecule has 3 nitrogen and oxygen atoms in total. The fourth-order valence-electron chi connectivity index (χ4n) is 1.79. The molecule has 0 spiro atoms. The Hall–Kier alpha value is -2.71. The lowest BCUT2D eigenvalue weighted by molar-refractivity contribution is -0.143. The number of carbonyl (C=O) groups is 1. The summed E-state index contributed by atoms with van der Waals surface area (Å²) in [6, 6.07) is 5.31. The third-order valence-electron chi connectivity index (χ3n) is 2.90. The van der Waals surface area contributed by atoms with Crippen molar-refractivity contribution in [2.45, 2.75) is 12.4 Å². The molecule has 9 heteroatoms. The number of aromatic carboxylic acids is 1. The Morgan fingerprint density at radius 1 is 0.792 bits per heavy atom. The van der Waals surface area contributed by atoms with E-state index in [1.807, 2.05) is 0 Å². The molecule has 0 unspecified atom stereocenters. The van der Waals surface area contributed by atoms with Crippen LogP contribution in [0.4, 0.5) is 26.3 Å². The zero-order chi connectivity index (χ0) is 18.1. The van der Waals surface area contributed by atoms with E-state index >= 15 is 0 Å². The van der Waals surface area contributed by atoms with Gasteiger partial charge in [0.05, 0.1) is 16.7 Å². The number of halogens is 6. The molecule has 24 heavy (non-hydrogen) atoms. The van der Waals surface area contributed by atoms with Gasteiger partial charge in [0.25, 0.3) is 0 Å². The molecular formula is C15H8F6O3.